The smallest absolute Gasteiger partial charge is 0.222 e. The molecule has 1 heterocycles. The SMILES string of the molecule is CN(Cc1ncn[nH]1)C(=O)CCCOc1ccc(Br)cc1. The van der Waals surface area contributed by atoms with Crippen molar-refractivity contribution in [1.29, 1.82) is 0 Å². The topological polar surface area (TPSA) is 71.1 Å². The number of hydrogen-bond donors (Lipinski definition) is 1. The third-order valence-electron chi connectivity index (χ3n) is 2.89. The van der Waals surface area contributed by atoms with Gasteiger partial charge in [-0.1, -0.05) is 15.9 Å². The zero-order valence-corrected chi connectivity index (χ0v) is 13.3. The zero-order chi connectivity index (χ0) is 15.1. The van der Waals surface area contributed by atoms with Crippen molar-refractivity contribution in [1.82, 2.24) is 20.1 Å². The second-order valence-electron chi connectivity index (χ2n) is 4.59. The molecule has 0 radical (unpaired) electrons. The summed E-state index contributed by atoms with van der Waals surface area (Å²) in [6, 6.07) is 7.63. The number of H-pyrrole nitrogens is 1. The minimum atomic E-state index is 0.0609. The van der Waals surface area contributed by atoms with Crippen LogP contribution in [0.1, 0.15) is 18.7 Å². The predicted octanol–water partition coefficient (Wildman–Crippen LogP) is 2.38. The lowest BCUT2D eigenvalue weighted by molar-refractivity contribution is -0.130. The van der Waals surface area contributed by atoms with E-state index in [4.69, 9.17) is 4.74 Å². The highest BCUT2D eigenvalue weighted by molar-refractivity contribution is 9.10. The van der Waals surface area contributed by atoms with Crippen molar-refractivity contribution < 1.29 is 9.53 Å². The predicted molar refractivity (Wildman–Crippen MR) is 81.7 cm³/mol. The summed E-state index contributed by atoms with van der Waals surface area (Å²) in [5.74, 6) is 1.54. The Morgan fingerprint density at radius 2 is 2.14 bits per heavy atom. The van der Waals surface area contributed by atoms with Crippen LogP contribution in [0.4, 0.5) is 0 Å². The fourth-order valence-corrected chi connectivity index (χ4v) is 2.02. The number of aromatic nitrogens is 3. The second kappa shape index (κ2) is 7.78. The lowest BCUT2D eigenvalue weighted by Gasteiger charge is -2.15. The molecule has 21 heavy (non-hydrogen) atoms. The molecule has 0 aliphatic heterocycles. The summed E-state index contributed by atoms with van der Waals surface area (Å²) in [4.78, 5) is 17.5. The molecule has 0 spiro atoms. The molecule has 2 rings (SSSR count). The number of halogens is 1. The number of ether oxygens (including phenoxy) is 1. The molecule has 0 saturated heterocycles. The van der Waals surface area contributed by atoms with E-state index >= 15 is 0 Å². The Bertz CT molecular complexity index is 557. The number of amides is 1. The minimum absolute atomic E-state index is 0.0609. The van der Waals surface area contributed by atoms with E-state index in [1.165, 1.54) is 6.33 Å². The van der Waals surface area contributed by atoms with Crippen molar-refractivity contribution in [3.63, 3.8) is 0 Å². The lowest BCUT2D eigenvalue weighted by Crippen LogP contribution is -2.26. The standard InChI is InChI=1S/C14H17BrN4O2/c1-19(9-13-16-10-17-18-13)14(20)3-2-8-21-12-6-4-11(15)5-7-12/h4-7,10H,2-3,8-9H2,1H3,(H,16,17,18). The molecule has 0 saturated carbocycles. The van der Waals surface area contributed by atoms with E-state index in [0.29, 0.717) is 31.8 Å². The molecule has 1 N–H and O–H groups in total. The Kier molecular flexibility index (Phi) is 5.74. The quantitative estimate of drug-likeness (QED) is 0.776. The van der Waals surface area contributed by atoms with Gasteiger partial charge in [-0.25, -0.2) is 4.98 Å². The molecular formula is C14H17BrN4O2. The van der Waals surface area contributed by atoms with Gasteiger partial charge in [0.15, 0.2) is 0 Å². The van der Waals surface area contributed by atoms with Gasteiger partial charge in [0, 0.05) is 17.9 Å². The Labute approximate surface area is 131 Å². The maximum atomic E-state index is 11.9. The van der Waals surface area contributed by atoms with E-state index in [-0.39, 0.29) is 5.91 Å². The van der Waals surface area contributed by atoms with E-state index < -0.39 is 0 Å². The molecule has 7 heteroatoms. The van der Waals surface area contributed by atoms with Crippen LogP contribution in [0.5, 0.6) is 5.75 Å². The van der Waals surface area contributed by atoms with Crippen LogP contribution in [-0.2, 0) is 11.3 Å². The lowest BCUT2D eigenvalue weighted by atomic mass is 10.3. The molecule has 0 fully saturated rings. The van der Waals surface area contributed by atoms with Gasteiger partial charge in [-0.2, -0.15) is 5.10 Å². The van der Waals surface area contributed by atoms with Gasteiger partial charge in [0.25, 0.3) is 0 Å². The first kappa shape index (κ1) is 15.5. The highest BCUT2D eigenvalue weighted by atomic mass is 79.9. The van der Waals surface area contributed by atoms with E-state index in [0.717, 1.165) is 10.2 Å². The van der Waals surface area contributed by atoms with Gasteiger partial charge >= 0.3 is 0 Å². The van der Waals surface area contributed by atoms with Crippen LogP contribution in [0.15, 0.2) is 35.1 Å². The van der Waals surface area contributed by atoms with Gasteiger partial charge in [0.05, 0.1) is 13.2 Å². The summed E-state index contributed by atoms with van der Waals surface area (Å²) < 4.78 is 6.59. The molecule has 1 amide bonds. The molecule has 0 atom stereocenters. The first-order chi connectivity index (χ1) is 10.1. The van der Waals surface area contributed by atoms with E-state index in [1.54, 1.807) is 11.9 Å². The molecule has 112 valence electrons. The fourth-order valence-electron chi connectivity index (χ4n) is 1.75. The number of rotatable bonds is 7. The van der Waals surface area contributed by atoms with Gasteiger partial charge in [-0.05, 0) is 30.7 Å². The van der Waals surface area contributed by atoms with Crippen LogP contribution >= 0.6 is 15.9 Å². The number of benzene rings is 1. The molecule has 1 aromatic carbocycles. The van der Waals surface area contributed by atoms with Crippen LogP contribution in [0, 0.1) is 0 Å². The minimum Gasteiger partial charge on any atom is -0.494 e. The number of carbonyl (C=O) groups excluding carboxylic acids is 1. The van der Waals surface area contributed by atoms with E-state index in [2.05, 4.69) is 31.1 Å². The van der Waals surface area contributed by atoms with Crippen molar-refractivity contribution in [3.8, 4) is 5.75 Å². The molecule has 0 aliphatic rings. The molecule has 6 nitrogen and oxygen atoms in total. The molecule has 1 aromatic heterocycles. The van der Waals surface area contributed by atoms with E-state index in [9.17, 15) is 4.79 Å². The Morgan fingerprint density at radius 3 is 2.81 bits per heavy atom. The number of aromatic amines is 1. The Hall–Kier alpha value is -1.89. The highest BCUT2D eigenvalue weighted by Gasteiger charge is 2.10. The van der Waals surface area contributed by atoms with Crippen LogP contribution in [-0.4, -0.2) is 39.6 Å². The normalized spacial score (nSPS) is 10.4. The van der Waals surface area contributed by atoms with E-state index in [1.807, 2.05) is 24.3 Å². The molecule has 2 aromatic rings. The zero-order valence-electron chi connectivity index (χ0n) is 11.8. The molecule has 0 aliphatic carbocycles. The van der Waals surface area contributed by atoms with Crippen molar-refractivity contribution >= 4 is 21.8 Å². The van der Waals surface area contributed by atoms with Gasteiger partial charge in [0.1, 0.15) is 17.9 Å². The fraction of sp³-hybridized carbons (Fsp3) is 0.357. The van der Waals surface area contributed by atoms with Crippen molar-refractivity contribution in [2.24, 2.45) is 0 Å². The molecular weight excluding hydrogens is 336 g/mol. The molecule has 0 bridgehead atoms. The number of nitrogens with one attached hydrogen (secondary N) is 1. The largest absolute Gasteiger partial charge is 0.494 e. The van der Waals surface area contributed by atoms with Crippen molar-refractivity contribution in [2.45, 2.75) is 19.4 Å². The van der Waals surface area contributed by atoms with Crippen LogP contribution in [0.3, 0.4) is 0 Å². The monoisotopic (exact) mass is 352 g/mol. The summed E-state index contributed by atoms with van der Waals surface area (Å²) in [6.45, 7) is 0.954. The number of nitrogens with zero attached hydrogens (tertiary/aromatic N) is 3. The van der Waals surface area contributed by atoms with Gasteiger partial charge in [0.2, 0.25) is 5.91 Å². The van der Waals surface area contributed by atoms with Crippen LogP contribution in [0.2, 0.25) is 0 Å². The second-order valence-corrected chi connectivity index (χ2v) is 5.50. The summed E-state index contributed by atoms with van der Waals surface area (Å²) in [6.07, 6.45) is 2.55. The Balaban J connectivity index is 1.65. The average Bonchev–Trinajstić information content (AvgIpc) is 2.98. The maximum Gasteiger partial charge on any atom is 0.222 e. The summed E-state index contributed by atoms with van der Waals surface area (Å²) in [5.41, 5.74) is 0. The third kappa shape index (κ3) is 5.18. The average molecular weight is 353 g/mol. The summed E-state index contributed by atoms with van der Waals surface area (Å²) in [7, 11) is 1.75. The van der Waals surface area contributed by atoms with Gasteiger partial charge in [-0.3, -0.25) is 9.89 Å². The summed E-state index contributed by atoms with van der Waals surface area (Å²) >= 11 is 3.37. The number of hydrogen-bond acceptors (Lipinski definition) is 4. The van der Waals surface area contributed by atoms with Gasteiger partial charge in [-0.15, -0.1) is 0 Å². The number of carbonyl (C=O) groups is 1. The van der Waals surface area contributed by atoms with Crippen molar-refractivity contribution in [3.05, 3.63) is 40.9 Å². The summed E-state index contributed by atoms with van der Waals surface area (Å²) in [5, 5.41) is 6.48. The van der Waals surface area contributed by atoms with Crippen molar-refractivity contribution in [2.75, 3.05) is 13.7 Å². The highest BCUT2D eigenvalue weighted by Crippen LogP contribution is 2.16. The first-order valence-corrected chi connectivity index (χ1v) is 7.41. The van der Waals surface area contributed by atoms with Crippen LogP contribution < -0.4 is 4.74 Å². The molecule has 0 unspecified atom stereocenters. The van der Waals surface area contributed by atoms with Crippen LogP contribution in [0.25, 0.3) is 0 Å². The third-order valence-corrected chi connectivity index (χ3v) is 3.42. The van der Waals surface area contributed by atoms with Gasteiger partial charge < -0.3 is 9.64 Å². The maximum absolute atomic E-state index is 11.9. The first-order valence-electron chi connectivity index (χ1n) is 6.62. The Morgan fingerprint density at radius 1 is 1.38 bits per heavy atom.